The highest BCUT2D eigenvalue weighted by atomic mass is 28.4. The van der Waals surface area contributed by atoms with Gasteiger partial charge in [-0.25, -0.2) is 0 Å². The van der Waals surface area contributed by atoms with Gasteiger partial charge in [0, 0.05) is 71.7 Å². The Morgan fingerprint density at radius 1 is 0.806 bits per heavy atom. The van der Waals surface area contributed by atoms with Crippen LogP contribution in [0, 0.1) is 0 Å². The molecule has 1 heterocycles. The molecule has 0 saturated heterocycles. The van der Waals surface area contributed by atoms with Gasteiger partial charge in [0.05, 0.1) is 0 Å². The third-order valence-corrected chi connectivity index (χ3v) is 7.44. The first-order chi connectivity index (χ1) is 15.0. The zero-order valence-corrected chi connectivity index (χ0v) is 20.2. The van der Waals surface area contributed by atoms with Crippen molar-refractivity contribution in [3.05, 3.63) is 0 Å². The average molecular weight is 460 g/mol. The van der Waals surface area contributed by atoms with Crippen molar-refractivity contribution in [3.63, 3.8) is 0 Å². The molecule has 1 aromatic heterocycles. The SMILES string of the molecule is CCO[Si](CCCNc1nc(N)nc(NCCN(CCN)CCN)n1)(OCC)OCC. The minimum atomic E-state index is -2.65. The summed E-state index contributed by atoms with van der Waals surface area (Å²) in [5.41, 5.74) is 17.1. The molecule has 0 atom stereocenters. The van der Waals surface area contributed by atoms with Crippen LogP contribution in [0.1, 0.15) is 27.2 Å². The molecule has 1 aromatic rings. The minimum Gasteiger partial charge on any atom is -0.374 e. The predicted octanol–water partition coefficient (Wildman–Crippen LogP) is -0.0645. The van der Waals surface area contributed by atoms with Crippen molar-refractivity contribution >= 4 is 26.6 Å². The summed E-state index contributed by atoms with van der Waals surface area (Å²) in [6.45, 7) is 12.4. The summed E-state index contributed by atoms with van der Waals surface area (Å²) in [5, 5.41) is 6.37. The minimum absolute atomic E-state index is 0.155. The topological polar surface area (TPSA) is 172 Å². The van der Waals surface area contributed by atoms with E-state index in [1.165, 1.54) is 0 Å². The van der Waals surface area contributed by atoms with Gasteiger partial charge in [0.15, 0.2) is 0 Å². The van der Waals surface area contributed by atoms with Gasteiger partial charge in [0.1, 0.15) is 0 Å². The second kappa shape index (κ2) is 16.1. The first-order valence-electron chi connectivity index (χ1n) is 11.1. The van der Waals surface area contributed by atoms with Crippen LogP contribution < -0.4 is 27.8 Å². The monoisotopic (exact) mass is 459 g/mol. The lowest BCUT2D eigenvalue weighted by Crippen LogP contribution is -2.46. The Bertz CT molecular complexity index is 577. The molecule has 8 N–H and O–H groups in total. The lowest BCUT2D eigenvalue weighted by molar-refractivity contribution is 0.0710. The smallest absolute Gasteiger partial charge is 0.374 e. The van der Waals surface area contributed by atoms with Gasteiger partial charge >= 0.3 is 8.80 Å². The first kappa shape index (κ1) is 27.4. The molecule has 0 aliphatic carbocycles. The van der Waals surface area contributed by atoms with Crippen molar-refractivity contribution in [2.75, 3.05) is 82.0 Å². The zero-order valence-electron chi connectivity index (χ0n) is 19.2. The average Bonchev–Trinajstić information content (AvgIpc) is 2.72. The van der Waals surface area contributed by atoms with E-state index in [-0.39, 0.29) is 5.95 Å². The fourth-order valence-corrected chi connectivity index (χ4v) is 5.70. The number of hydrogen-bond acceptors (Lipinski definition) is 12. The fraction of sp³-hybridized carbons (Fsp3) is 0.833. The van der Waals surface area contributed by atoms with Gasteiger partial charge in [-0.3, -0.25) is 4.90 Å². The molecule has 0 unspecified atom stereocenters. The molecule has 0 aliphatic rings. The largest absolute Gasteiger partial charge is 0.500 e. The lowest BCUT2D eigenvalue weighted by Gasteiger charge is -2.28. The Morgan fingerprint density at radius 2 is 1.32 bits per heavy atom. The molecule has 180 valence electrons. The van der Waals surface area contributed by atoms with Crippen molar-refractivity contribution in [1.29, 1.82) is 0 Å². The van der Waals surface area contributed by atoms with E-state index in [4.69, 9.17) is 30.5 Å². The van der Waals surface area contributed by atoms with Gasteiger partial charge in [-0.2, -0.15) is 15.0 Å². The van der Waals surface area contributed by atoms with E-state index < -0.39 is 8.80 Å². The van der Waals surface area contributed by atoms with E-state index >= 15 is 0 Å². The highest BCUT2D eigenvalue weighted by Gasteiger charge is 2.39. The van der Waals surface area contributed by atoms with E-state index in [2.05, 4.69) is 30.5 Å². The summed E-state index contributed by atoms with van der Waals surface area (Å²) in [6, 6.07) is 0.708. The van der Waals surface area contributed by atoms with E-state index in [9.17, 15) is 0 Å². The van der Waals surface area contributed by atoms with E-state index in [1.807, 2.05) is 20.8 Å². The molecular weight excluding hydrogens is 418 g/mol. The highest BCUT2D eigenvalue weighted by molar-refractivity contribution is 6.60. The molecular formula is C18H41N9O3Si. The predicted molar refractivity (Wildman–Crippen MR) is 126 cm³/mol. The normalized spacial score (nSPS) is 11.8. The first-order valence-corrected chi connectivity index (χ1v) is 13.0. The molecule has 0 bridgehead atoms. The number of rotatable bonds is 19. The molecule has 31 heavy (non-hydrogen) atoms. The zero-order chi connectivity index (χ0) is 23.0. The molecule has 1 rings (SSSR count). The number of nitrogens with zero attached hydrogens (tertiary/aromatic N) is 4. The van der Waals surface area contributed by atoms with Gasteiger partial charge < -0.3 is 41.1 Å². The Morgan fingerprint density at radius 3 is 1.81 bits per heavy atom. The second-order valence-electron chi connectivity index (χ2n) is 6.70. The van der Waals surface area contributed by atoms with E-state index in [1.54, 1.807) is 0 Å². The second-order valence-corrected chi connectivity index (χ2v) is 9.43. The van der Waals surface area contributed by atoms with Crippen LogP contribution in [0.3, 0.4) is 0 Å². The standard InChI is InChI=1S/C18H41N9O3Si/c1-4-28-31(29-5-2,30-6-3)15-7-10-22-17-24-16(21)25-18(26-17)23-11-14-27(12-8-19)13-9-20/h4-15,19-20H2,1-3H3,(H4,21,22,23,24,25,26). The maximum Gasteiger partial charge on any atom is 0.500 e. The van der Waals surface area contributed by atoms with Gasteiger partial charge in [0.2, 0.25) is 17.8 Å². The molecule has 0 spiro atoms. The summed E-state index contributed by atoms with van der Waals surface area (Å²) in [6.07, 6.45) is 0.785. The molecule has 0 fully saturated rings. The van der Waals surface area contributed by atoms with Crippen LogP contribution in [0.25, 0.3) is 0 Å². The van der Waals surface area contributed by atoms with Crippen molar-refractivity contribution in [1.82, 2.24) is 19.9 Å². The third kappa shape index (κ3) is 11.0. The van der Waals surface area contributed by atoms with Gasteiger partial charge in [0.25, 0.3) is 0 Å². The van der Waals surface area contributed by atoms with Crippen molar-refractivity contribution in [2.45, 2.75) is 33.2 Å². The Hall–Kier alpha value is -1.61. The Labute approximate surface area is 187 Å². The Kier molecular flexibility index (Phi) is 14.2. The summed E-state index contributed by atoms with van der Waals surface area (Å²) < 4.78 is 17.6. The summed E-state index contributed by atoms with van der Waals surface area (Å²) in [7, 11) is -2.65. The van der Waals surface area contributed by atoms with Gasteiger partial charge in [-0.15, -0.1) is 0 Å². The van der Waals surface area contributed by atoms with Crippen molar-refractivity contribution < 1.29 is 13.3 Å². The molecule has 13 heteroatoms. The Balaban J connectivity index is 2.55. The van der Waals surface area contributed by atoms with Crippen LogP contribution in [0.5, 0.6) is 0 Å². The number of nitrogen functional groups attached to an aromatic ring is 1. The summed E-state index contributed by atoms with van der Waals surface area (Å²) in [4.78, 5) is 14.9. The molecule has 0 radical (unpaired) electrons. The number of anilines is 3. The van der Waals surface area contributed by atoms with Crippen molar-refractivity contribution in [3.8, 4) is 0 Å². The van der Waals surface area contributed by atoms with Gasteiger partial charge in [-0.05, 0) is 27.2 Å². The van der Waals surface area contributed by atoms with E-state index in [0.717, 1.165) is 26.1 Å². The van der Waals surface area contributed by atoms with Crippen LogP contribution in [0.4, 0.5) is 17.8 Å². The van der Waals surface area contributed by atoms with E-state index in [0.29, 0.717) is 63.9 Å². The summed E-state index contributed by atoms with van der Waals surface area (Å²) >= 11 is 0. The molecule has 0 aromatic carbocycles. The molecule has 0 amide bonds. The van der Waals surface area contributed by atoms with Gasteiger partial charge in [-0.1, -0.05) is 0 Å². The molecule has 0 saturated carbocycles. The number of nitrogens with two attached hydrogens (primary N) is 3. The number of hydrogen-bond donors (Lipinski definition) is 5. The van der Waals surface area contributed by atoms with Crippen LogP contribution in [-0.2, 0) is 13.3 Å². The fourth-order valence-electron chi connectivity index (χ4n) is 3.08. The quantitative estimate of drug-likeness (QED) is 0.138. The maximum absolute atomic E-state index is 5.87. The lowest BCUT2D eigenvalue weighted by atomic mass is 10.4. The maximum atomic E-state index is 5.87. The third-order valence-electron chi connectivity index (χ3n) is 4.29. The van der Waals surface area contributed by atoms with Crippen LogP contribution in [-0.4, -0.2) is 94.3 Å². The van der Waals surface area contributed by atoms with Crippen molar-refractivity contribution in [2.24, 2.45) is 11.5 Å². The molecule has 0 aliphatic heterocycles. The van der Waals surface area contributed by atoms with Crippen LogP contribution in [0.15, 0.2) is 0 Å². The molecule has 12 nitrogen and oxygen atoms in total. The highest BCUT2D eigenvalue weighted by Crippen LogP contribution is 2.18. The van der Waals surface area contributed by atoms with Crippen LogP contribution >= 0.6 is 0 Å². The number of aromatic nitrogens is 3. The summed E-state index contributed by atoms with van der Waals surface area (Å²) in [5.74, 6) is 1.01. The number of nitrogens with one attached hydrogen (secondary N) is 2. The van der Waals surface area contributed by atoms with Crippen LogP contribution in [0.2, 0.25) is 6.04 Å².